The van der Waals surface area contributed by atoms with Crippen molar-refractivity contribution in [1.29, 1.82) is 0 Å². The van der Waals surface area contributed by atoms with E-state index in [0.29, 0.717) is 22.4 Å². The summed E-state index contributed by atoms with van der Waals surface area (Å²) in [6.45, 7) is 0. The Labute approximate surface area is 168 Å². The molecule has 28 heavy (non-hydrogen) atoms. The summed E-state index contributed by atoms with van der Waals surface area (Å²) in [4.78, 5) is 4.78. The average molecular weight is 392 g/mol. The quantitative estimate of drug-likeness (QED) is 0.695. The van der Waals surface area contributed by atoms with Gasteiger partial charge in [0.1, 0.15) is 5.71 Å². The minimum absolute atomic E-state index is 0.642. The maximum Gasteiger partial charge on any atom is 0.161 e. The van der Waals surface area contributed by atoms with E-state index in [1.807, 2.05) is 66.7 Å². The first-order valence-electron chi connectivity index (χ1n) is 8.69. The highest BCUT2D eigenvalue weighted by molar-refractivity contribution is 6.30. The number of hydrogen-bond donors (Lipinski definition) is 1. The fraction of sp³-hybridized carbons (Fsp3) is 0.0909. The Morgan fingerprint density at radius 3 is 2.29 bits per heavy atom. The highest BCUT2D eigenvalue weighted by Crippen LogP contribution is 2.31. The predicted molar refractivity (Wildman–Crippen MR) is 112 cm³/mol. The van der Waals surface area contributed by atoms with Crippen LogP contribution in [0.4, 0.5) is 5.69 Å². The zero-order chi connectivity index (χ0) is 19.5. The van der Waals surface area contributed by atoms with Crippen LogP contribution >= 0.6 is 11.6 Å². The molecule has 1 aliphatic rings. The van der Waals surface area contributed by atoms with Crippen molar-refractivity contribution in [2.45, 2.75) is 0 Å². The number of fused-ring (bicyclic) bond motifs is 1. The monoisotopic (exact) mass is 391 g/mol. The summed E-state index contributed by atoms with van der Waals surface area (Å²) >= 11 is 6.01. The van der Waals surface area contributed by atoms with Crippen LogP contribution in [0.1, 0.15) is 16.7 Å². The number of nitrogens with zero attached hydrogens (tertiary/aromatic N) is 2. The van der Waals surface area contributed by atoms with Crippen LogP contribution in [0.25, 0.3) is 0 Å². The van der Waals surface area contributed by atoms with Crippen LogP contribution in [0.3, 0.4) is 0 Å². The van der Waals surface area contributed by atoms with Crippen molar-refractivity contribution in [2.75, 3.05) is 14.2 Å². The number of benzene rings is 3. The summed E-state index contributed by atoms with van der Waals surface area (Å²) in [6, 6.07) is 21.1. The van der Waals surface area contributed by atoms with Crippen LogP contribution in [-0.4, -0.2) is 25.8 Å². The van der Waals surface area contributed by atoms with Gasteiger partial charge in [0.15, 0.2) is 17.3 Å². The lowest BCUT2D eigenvalue weighted by atomic mass is 10.0. The van der Waals surface area contributed by atoms with E-state index in [1.165, 1.54) is 0 Å². The molecule has 0 atom stereocenters. The Morgan fingerprint density at radius 2 is 1.54 bits per heavy atom. The van der Waals surface area contributed by atoms with E-state index in [4.69, 9.17) is 26.1 Å². The van der Waals surface area contributed by atoms with Gasteiger partial charge in [-0.25, -0.2) is 4.99 Å². The molecule has 0 bridgehead atoms. The smallest absolute Gasteiger partial charge is 0.161 e. The van der Waals surface area contributed by atoms with Crippen molar-refractivity contribution >= 4 is 28.8 Å². The second-order valence-corrected chi connectivity index (χ2v) is 6.56. The molecule has 140 valence electrons. The van der Waals surface area contributed by atoms with Crippen molar-refractivity contribution in [1.82, 2.24) is 5.43 Å². The van der Waals surface area contributed by atoms with Gasteiger partial charge in [0.2, 0.25) is 0 Å². The standard InChI is InChI=1S/C22H18ClN3O2/c1-27-19-12-9-15(13-20(19)28-2)21-17-5-3-4-6-18(17)24-22(26-25-21)14-7-10-16(23)11-8-14/h3-13H,1-2H3,(H,24,26). The van der Waals surface area contributed by atoms with Crippen molar-refractivity contribution in [3.8, 4) is 11.5 Å². The van der Waals surface area contributed by atoms with E-state index in [9.17, 15) is 0 Å². The normalized spacial score (nSPS) is 12.8. The highest BCUT2D eigenvalue weighted by Gasteiger charge is 2.18. The van der Waals surface area contributed by atoms with Gasteiger partial charge < -0.3 is 9.47 Å². The van der Waals surface area contributed by atoms with E-state index in [0.717, 1.165) is 28.1 Å². The summed E-state index contributed by atoms with van der Waals surface area (Å²) in [7, 11) is 3.23. The Morgan fingerprint density at radius 1 is 0.821 bits per heavy atom. The van der Waals surface area contributed by atoms with Gasteiger partial charge in [-0.1, -0.05) is 29.8 Å². The molecule has 6 heteroatoms. The van der Waals surface area contributed by atoms with Gasteiger partial charge >= 0.3 is 0 Å². The molecule has 0 saturated carbocycles. The van der Waals surface area contributed by atoms with Gasteiger partial charge in [0.05, 0.1) is 19.9 Å². The Bertz CT molecular complexity index is 1080. The largest absolute Gasteiger partial charge is 0.493 e. The number of aliphatic imine (C=N–C) groups is 1. The SMILES string of the molecule is COc1ccc(C2=NNC(c3ccc(Cl)cc3)=Nc3ccccc32)cc1OC. The second-order valence-electron chi connectivity index (χ2n) is 6.13. The molecular weight excluding hydrogens is 374 g/mol. The maximum atomic E-state index is 6.01. The molecule has 1 N–H and O–H groups in total. The van der Waals surface area contributed by atoms with Crippen LogP contribution in [0.15, 0.2) is 76.8 Å². The van der Waals surface area contributed by atoms with Gasteiger partial charge in [-0.2, -0.15) is 5.10 Å². The Kier molecular flexibility index (Phi) is 5.00. The van der Waals surface area contributed by atoms with E-state index in [-0.39, 0.29) is 0 Å². The van der Waals surface area contributed by atoms with Crippen molar-refractivity contribution in [2.24, 2.45) is 10.1 Å². The zero-order valence-corrected chi connectivity index (χ0v) is 16.2. The van der Waals surface area contributed by atoms with Crippen molar-refractivity contribution in [3.05, 3.63) is 88.4 Å². The van der Waals surface area contributed by atoms with E-state index in [1.54, 1.807) is 14.2 Å². The van der Waals surface area contributed by atoms with Gasteiger partial charge in [-0.05, 0) is 48.5 Å². The molecule has 1 heterocycles. The molecule has 4 rings (SSSR count). The number of para-hydroxylation sites is 1. The summed E-state index contributed by atoms with van der Waals surface area (Å²) in [6.07, 6.45) is 0. The number of methoxy groups -OCH3 is 2. The number of ether oxygens (including phenoxy) is 2. The fourth-order valence-corrected chi connectivity index (χ4v) is 3.15. The minimum atomic E-state index is 0.642. The predicted octanol–water partition coefficient (Wildman–Crippen LogP) is 4.79. The molecule has 0 aliphatic carbocycles. The Hall–Kier alpha value is -3.31. The molecule has 0 unspecified atom stereocenters. The van der Waals surface area contributed by atoms with E-state index < -0.39 is 0 Å². The van der Waals surface area contributed by atoms with Crippen LogP contribution in [-0.2, 0) is 0 Å². The number of hydrogen-bond acceptors (Lipinski definition) is 5. The Balaban J connectivity index is 1.82. The first-order chi connectivity index (χ1) is 13.7. The molecule has 3 aromatic carbocycles. The maximum absolute atomic E-state index is 6.01. The highest BCUT2D eigenvalue weighted by atomic mass is 35.5. The van der Waals surface area contributed by atoms with Gasteiger partial charge in [-0.3, -0.25) is 5.43 Å². The topological polar surface area (TPSA) is 55.2 Å². The van der Waals surface area contributed by atoms with Crippen LogP contribution < -0.4 is 14.9 Å². The molecule has 1 aliphatic heterocycles. The summed E-state index contributed by atoms with van der Waals surface area (Å²) in [5.41, 5.74) is 7.41. The molecular formula is C22H18ClN3O2. The molecule has 0 aromatic heterocycles. The number of hydrazone groups is 1. The average Bonchev–Trinajstić information content (AvgIpc) is 2.93. The van der Waals surface area contributed by atoms with Gasteiger partial charge in [0.25, 0.3) is 0 Å². The molecule has 0 fully saturated rings. The lowest BCUT2D eigenvalue weighted by Crippen LogP contribution is -2.19. The lowest BCUT2D eigenvalue weighted by Gasteiger charge is -2.11. The van der Waals surface area contributed by atoms with Crippen molar-refractivity contribution in [3.63, 3.8) is 0 Å². The number of nitrogens with one attached hydrogen (secondary N) is 1. The lowest BCUT2D eigenvalue weighted by molar-refractivity contribution is 0.355. The first kappa shape index (κ1) is 18.1. The van der Waals surface area contributed by atoms with E-state index >= 15 is 0 Å². The van der Waals surface area contributed by atoms with Crippen LogP contribution in [0, 0.1) is 0 Å². The number of rotatable bonds is 4. The van der Waals surface area contributed by atoms with Crippen molar-refractivity contribution < 1.29 is 9.47 Å². The van der Waals surface area contributed by atoms with E-state index in [2.05, 4.69) is 10.5 Å². The molecule has 0 spiro atoms. The summed E-state index contributed by atoms with van der Waals surface area (Å²) < 4.78 is 10.8. The number of amidine groups is 1. The molecule has 3 aromatic rings. The summed E-state index contributed by atoms with van der Waals surface area (Å²) in [5, 5.41) is 5.33. The van der Waals surface area contributed by atoms with Gasteiger partial charge in [0, 0.05) is 21.7 Å². The van der Waals surface area contributed by atoms with Gasteiger partial charge in [-0.15, -0.1) is 0 Å². The third-order valence-electron chi connectivity index (χ3n) is 4.44. The number of halogens is 1. The molecule has 0 amide bonds. The minimum Gasteiger partial charge on any atom is -0.493 e. The molecule has 0 saturated heterocycles. The zero-order valence-electron chi connectivity index (χ0n) is 15.4. The summed E-state index contributed by atoms with van der Waals surface area (Å²) in [5.74, 6) is 1.96. The molecule has 0 radical (unpaired) electrons. The van der Waals surface area contributed by atoms with Crippen LogP contribution in [0.5, 0.6) is 11.5 Å². The fourth-order valence-electron chi connectivity index (χ4n) is 3.03. The second kappa shape index (κ2) is 7.74. The third-order valence-corrected chi connectivity index (χ3v) is 4.69. The first-order valence-corrected chi connectivity index (χ1v) is 9.07. The van der Waals surface area contributed by atoms with Crippen LogP contribution in [0.2, 0.25) is 5.02 Å². The third kappa shape index (κ3) is 3.44. The molecule has 5 nitrogen and oxygen atoms in total.